The summed E-state index contributed by atoms with van der Waals surface area (Å²) < 4.78 is 5.27. The van der Waals surface area contributed by atoms with E-state index in [2.05, 4.69) is 20.8 Å². The first kappa shape index (κ1) is 7.07. The molecule has 1 heteroatoms. The van der Waals surface area contributed by atoms with Gasteiger partial charge in [0, 0.05) is 0 Å². The van der Waals surface area contributed by atoms with Crippen molar-refractivity contribution in [3.63, 3.8) is 0 Å². The van der Waals surface area contributed by atoms with Crippen LogP contribution in [0.25, 0.3) is 0 Å². The normalized spacial score (nSPS) is 33.3. The van der Waals surface area contributed by atoms with E-state index in [0.29, 0.717) is 12.2 Å². The highest BCUT2D eigenvalue weighted by molar-refractivity contribution is 4.79. The third kappa shape index (κ3) is 2.35. The third-order valence-corrected chi connectivity index (χ3v) is 1.86. The average molecular weight is 128 g/mol. The van der Waals surface area contributed by atoms with E-state index in [4.69, 9.17) is 4.74 Å². The van der Waals surface area contributed by atoms with Gasteiger partial charge in [-0.05, 0) is 25.7 Å². The van der Waals surface area contributed by atoms with E-state index in [9.17, 15) is 0 Å². The lowest BCUT2D eigenvalue weighted by Gasteiger charge is -1.99. The fourth-order valence-electron chi connectivity index (χ4n) is 1.03. The van der Waals surface area contributed by atoms with E-state index in [-0.39, 0.29) is 0 Å². The van der Waals surface area contributed by atoms with Gasteiger partial charge in [-0.3, -0.25) is 0 Å². The van der Waals surface area contributed by atoms with E-state index >= 15 is 0 Å². The van der Waals surface area contributed by atoms with Crippen molar-refractivity contribution in [1.29, 1.82) is 0 Å². The van der Waals surface area contributed by atoms with Crippen LogP contribution in [0.5, 0.6) is 0 Å². The molecule has 0 saturated carbocycles. The molecule has 54 valence electrons. The average Bonchev–Trinajstić information content (AvgIpc) is 2.42. The second-order valence-electron chi connectivity index (χ2n) is 3.35. The van der Waals surface area contributed by atoms with Crippen LogP contribution in [-0.2, 0) is 4.74 Å². The highest BCUT2D eigenvalue weighted by Gasteiger charge is 2.33. The Labute approximate surface area is 57.4 Å². The van der Waals surface area contributed by atoms with Crippen molar-refractivity contribution in [3.8, 4) is 0 Å². The Bertz CT molecular complexity index is 88.6. The molecule has 1 rings (SSSR count). The second kappa shape index (κ2) is 2.70. The third-order valence-electron chi connectivity index (χ3n) is 1.86. The van der Waals surface area contributed by atoms with Crippen LogP contribution in [-0.4, -0.2) is 12.2 Å². The number of hydrogen-bond acceptors (Lipinski definition) is 1. The van der Waals surface area contributed by atoms with Crippen LogP contribution in [0.4, 0.5) is 0 Å². The first-order valence-corrected chi connectivity index (χ1v) is 3.85. The molecule has 0 aliphatic carbocycles. The smallest absolute Gasteiger partial charge is 0.0839 e. The van der Waals surface area contributed by atoms with Gasteiger partial charge in [-0.15, -0.1) is 0 Å². The standard InChI is InChI=1S/C8H16O/c1-6(2)4-5-8-7(3)9-8/h6-8H,4-5H2,1-3H3/t7-,8+/m0/s1. The topological polar surface area (TPSA) is 12.5 Å². The van der Waals surface area contributed by atoms with E-state index in [0.717, 1.165) is 5.92 Å². The van der Waals surface area contributed by atoms with Crippen LogP contribution in [0.15, 0.2) is 0 Å². The molecule has 9 heavy (non-hydrogen) atoms. The molecule has 0 aromatic carbocycles. The minimum Gasteiger partial charge on any atom is -0.370 e. The lowest BCUT2D eigenvalue weighted by atomic mass is 10.1. The second-order valence-corrected chi connectivity index (χ2v) is 3.35. The van der Waals surface area contributed by atoms with Crippen molar-refractivity contribution in [2.24, 2.45) is 5.92 Å². The molecule has 1 aliphatic rings. The Balaban J connectivity index is 1.94. The maximum atomic E-state index is 5.27. The Morgan fingerprint density at radius 3 is 2.33 bits per heavy atom. The summed E-state index contributed by atoms with van der Waals surface area (Å²) in [4.78, 5) is 0. The summed E-state index contributed by atoms with van der Waals surface area (Å²) in [5.41, 5.74) is 0. The van der Waals surface area contributed by atoms with Crippen molar-refractivity contribution in [2.45, 2.75) is 45.8 Å². The molecule has 0 spiro atoms. The summed E-state index contributed by atoms with van der Waals surface area (Å²) in [6, 6.07) is 0. The molecule has 0 aromatic rings. The minimum absolute atomic E-state index is 0.559. The van der Waals surface area contributed by atoms with E-state index in [1.165, 1.54) is 12.8 Å². The lowest BCUT2D eigenvalue weighted by Crippen LogP contribution is -1.93. The van der Waals surface area contributed by atoms with Crippen molar-refractivity contribution in [2.75, 3.05) is 0 Å². The molecule has 1 nitrogen and oxygen atoms in total. The summed E-state index contributed by atoms with van der Waals surface area (Å²) in [5.74, 6) is 0.835. The molecule has 0 aromatic heterocycles. The van der Waals surface area contributed by atoms with Gasteiger partial charge in [-0.25, -0.2) is 0 Å². The van der Waals surface area contributed by atoms with Gasteiger partial charge in [-0.1, -0.05) is 13.8 Å². The van der Waals surface area contributed by atoms with Crippen molar-refractivity contribution in [1.82, 2.24) is 0 Å². The Morgan fingerprint density at radius 2 is 2.00 bits per heavy atom. The highest BCUT2D eigenvalue weighted by Crippen LogP contribution is 2.26. The molecule has 0 bridgehead atoms. The van der Waals surface area contributed by atoms with Crippen molar-refractivity contribution < 1.29 is 4.74 Å². The molecule has 0 radical (unpaired) electrons. The fraction of sp³-hybridized carbons (Fsp3) is 1.00. The molecule has 1 heterocycles. The molecular formula is C8H16O. The van der Waals surface area contributed by atoms with Crippen LogP contribution in [0.1, 0.15) is 33.6 Å². The van der Waals surface area contributed by atoms with E-state index in [1.807, 2.05) is 0 Å². The summed E-state index contributed by atoms with van der Waals surface area (Å²) in [6.45, 7) is 6.66. The molecule has 0 unspecified atom stereocenters. The molecule has 0 N–H and O–H groups in total. The van der Waals surface area contributed by atoms with Crippen LogP contribution >= 0.6 is 0 Å². The number of epoxide rings is 1. The Hall–Kier alpha value is -0.0400. The van der Waals surface area contributed by atoms with Crippen molar-refractivity contribution >= 4 is 0 Å². The maximum absolute atomic E-state index is 5.27. The van der Waals surface area contributed by atoms with Gasteiger partial charge in [0.05, 0.1) is 12.2 Å². The summed E-state index contributed by atoms with van der Waals surface area (Å²) in [7, 11) is 0. The lowest BCUT2D eigenvalue weighted by molar-refractivity contribution is 0.358. The van der Waals surface area contributed by atoms with Gasteiger partial charge in [0.25, 0.3) is 0 Å². The Morgan fingerprint density at radius 1 is 1.44 bits per heavy atom. The van der Waals surface area contributed by atoms with Crippen LogP contribution < -0.4 is 0 Å². The quantitative estimate of drug-likeness (QED) is 0.531. The zero-order chi connectivity index (χ0) is 6.85. The van der Waals surface area contributed by atoms with Gasteiger partial charge >= 0.3 is 0 Å². The predicted molar refractivity (Wildman–Crippen MR) is 38.4 cm³/mol. The van der Waals surface area contributed by atoms with E-state index < -0.39 is 0 Å². The van der Waals surface area contributed by atoms with Crippen molar-refractivity contribution in [3.05, 3.63) is 0 Å². The molecule has 1 aliphatic heterocycles. The fourth-order valence-corrected chi connectivity index (χ4v) is 1.03. The van der Waals surface area contributed by atoms with Crippen LogP contribution in [0.2, 0.25) is 0 Å². The summed E-state index contributed by atoms with van der Waals surface area (Å²) in [6.07, 6.45) is 3.74. The zero-order valence-electron chi connectivity index (χ0n) is 6.55. The SMILES string of the molecule is CC(C)CC[C@H]1O[C@H]1C. The van der Waals surface area contributed by atoms with Gasteiger partial charge in [0.15, 0.2) is 0 Å². The molecule has 0 amide bonds. The maximum Gasteiger partial charge on any atom is 0.0839 e. The largest absolute Gasteiger partial charge is 0.370 e. The van der Waals surface area contributed by atoms with Crippen LogP contribution in [0.3, 0.4) is 0 Å². The van der Waals surface area contributed by atoms with E-state index in [1.54, 1.807) is 0 Å². The molecular weight excluding hydrogens is 112 g/mol. The van der Waals surface area contributed by atoms with Gasteiger partial charge in [-0.2, -0.15) is 0 Å². The number of ether oxygens (including phenoxy) is 1. The predicted octanol–water partition coefficient (Wildman–Crippen LogP) is 2.21. The first-order chi connectivity index (χ1) is 4.20. The number of rotatable bonds is 3. The van der Waals surface area contributed by atoms with Gasteiger partial charge in [0.2, 0.25) is 0 Å². The zero-order valence-corrected chi connectivity index (χ0v) is 6.55. The molecule has 1 saturated heterocycles. The monoisotopic (exact) mass is 128 g/mol. The highest BCUT2D eigenvalue weighted by atomic mass is 16.6. The van der Waals surface area contributed by atoms with Crippen LogP contribution in [0, 0.1) is 5.92 Å². The van der Waals surface area contributed by atoms with Gasteiger partial charge in [0.1, 0.15) is 0 Å². The van der Waals surface area contributed by atoms with Gasteiger partial charge < -0.3 is 4.74 Å². The first-order valence-electron chi connectivity index (χ1n) is 3.85. The molecule has 2 atom stereocenters. The molecule has 1 fully saturated rings. The minimum atomic E-state index is 0.559. The Kier molecular flexibility index (Phi) is 2.12. The number of hydrogen-bond donors (Lipinski definition) is 0. The summed E-state index contributed by atoms with van der Waals surface area (Å²) in [5, 5.41) is 0. The summed E-state index contributed by atoms with van der Waals surface area (Å²) >= 11 is 0.